The van der Waals surface area contributed by atoms with E-state index in [0.29, 0.717) is 6.04 Å². The minimum atomic E-state index is 0.605. The van der Waals surface area contributed by atoms with Gasteiger partial charge in [-0.2, -0.15) is 0 Å². The second-order valence-corrected chi connectivity index (χ2v) is 6.16. The van der Waals surface area contributed by atoms with Crippen molar-refractivity contribution in [2.45, 2.75) is 56.7 Å². The molecular weight excluding hydrogens is 212 g/mol. The van der Waals surface area contributed by atoms with E-state index in [2.05, 4.69) is 10.2 Å². The van der Waals surface area contributed by atoms with Crippen LogP contribution in [0.2, 0.25) is 0 Å². The average molecular weight is 238 g/mol. The van der Waals surface area contributed by atoms with Crippen molar-refractivity contribution in [3.8, 4) is 0 Å². The van der Waals surface area contributed by atoms with Crippen molar-refractivity contribution in [1.82, 2.24) is 10.2 Å². The molecule has 0 spiro atoms. The first kappa shape index (κ1) is 11.9. The summed E-state index contributed by atoms with van der Waals surface area (Å²) >= 11 is 0. The number of nitrogens with one attached hydrogen (secondary N) is 1. The van der Waals surface area contributed by atoms with Gasteiger partial charge in [-0.15, -0.1) is 0 Å². The number of nitrogens with zero attached hydrogens (tertiary/aromatic N) is 1. The van der Waals surface area contributed by atoms with Gasteiger partial charge in [0.05, 0.1) is 6.61 Å². The predicted molar refractivity (Wildman–Crippen MR) is 69.1 cm³/mol. The van der Waals surface area contributed by atoms with Gasteiger partial charge < -0.3 is 10.1 Å². The van der Waals surface area contributed by atoms with Crippen LogP contribution in [0, 0.1) is 5.92 Å². The molecule has 3 heteroatoms. The van der Waals surface area contributed by atoms with Gasteiger partial charge in [-0.05, 0) is 44.4 Å². The monoisotopic (exact) mass is 238 g/mol. The Labute approximate surface area is 105 Å². The summed E-state index contributed by atoms with van der Waals surface area (Å²) in [6.07, 6.45) is 8.50. The molecule has 0 radical (unpaired) electrons. The molecule has 0 aliphatic heterocycles. The quantitative estimate of drug-likeness (QED) is 0.661. The van der Waals surface area contributed by atoms with Crippen LogP contribution in [-0.2, 0) is 4.74 Å². The number of ether oxygens (including phenoxy) is 1. The highest BCUT2D eigenvalue weighted by Crippen LogP contribution is 2.36. The van der Waals surface area contributed by atoms with E-state index in [1.54, 1.807) is 0 Å². The Bertz CT molecular complexity index is 247. The molecule has 3 aliphatic rings. The Morgan fingerprint density at radius 3 is 2.47 bits per heavy atom. The largest absolute Gasteiger partial charge is 0.383 e. The molecule has 98 valence electrons. The Morgan fingerprint density at radius 1 is 1.18 bits per heavy atom. The lowest BCUT2D eigenvalue weighted by Gasteiger charge is -2.32. The standard InChI is InChI=1S/C14H26N2O/c1-17-10-14(8-15-12-4-5-12)16(13-6-7-13)9-11-2-3-11/h11-15H,2-10H2,1H3. The van der Waals surface area contributed by atoms with Crippen molar-refractivity contribution in [3.63, 3.8) is 0 Å². The van der Waals surface area contributed by atoms with Crippen LogP contribution in [0.5, 0.6) is 0 Å². The molecule has 1 N–H and O–H groups in total. The summed E-state index contributed by atoms with van der Waals surface area (Å²) in [5, 5.41) is 3.68. The van der Waals surface area contributed by atoms with Crippen molar-refractivity contribution in [2.75, 3.05) is 26.8 Å². The topological polar surface area (TPSA) is 24.5 Å². The van der Waals surface area contributed by atoms with Crippen LogP contribution in [0.1, 0.15) is 38.5 Å². The van der Waals surface area contributed by atoms with Gasteiger partial charge in [0.15, 0.2) is 0 Å². The van der Waals surface area contributed by atoms with E-state index in [0.717, 1.165) is 31.2 Å². The van der Waals surface area contributed by atoms with Crippen LogP contribution in [0.15, 0.2) is 0 Å². The van der Waals surface area contributed by atoms with Crippen molar-refractivity contribution in [3.05, 3.63) is 0 Å². The van der Waals surface area contributed by atoms with Crippen molar-refractivity contribution in [2.24, 2.45) is 5.92 Å². The Kier molecular flexibility index (Phi) is 3.69. The van der Waals surface area contributed by atoms with Crippen LogP contribution in [0.4, 0.5) is 0 Å². The van der Waals surface area contributed by atoms with Crippen LogP contribution in [0.25, 0.3) is 0 Å². The molecule has 0 bridgehead atoms. The molecule has 0 aromatic rings. The molecule has 17 heavy (non-hydrogen) atoms. The summed E-state index contributed by atoms with van der Waals surface area (Å²) in [5.41, 5.74) is 0. The SMILES string of the molecule is COCC(CNC1CC1)N(CC1CC1)C1CC1. The van der Waals surface area contributed by atoms with Crippen LogP contribution >= 0.6 is 0 Å². The highest BCUT2D eigenvalue weighted by Gasteiger charge is 2.37. The third-order valence-corrected chi connectivity index (χ3v) is 4.23. The highest BCUT2D eigenvalue weighted by molar-refractivity contribution is 4.93. The molecule has 0 aromatic carbocycles. The number of rotatable bonds is 9. The van der Waals surface area contributed by atoms with E-state index in [-0.39, 0.29) is 0 Å². The Morgan fingerprint density at radius 2 is 1.94 bits per heavy atom. The highest BCUT2D eigenvalue weighted by atomic mass is 16.5. The lowest BCUT2D eigenvalue weighted by atomic mass is 10.2. The molecule has 0 amide bonds. The molecule has 1 atom stereocenters. The van der Waals surface area contributed by atoms with Gasteiger partial charge in [-0.3, -0.25) is 4.90 Å². The maximum absolute atomic E-state index is 5.44. The smallest absolute Gasteiger partial charge is 0.0630 e. The molecule has 1 unspecified atom stereocenters. The first-order valence-electron chi connectivity index (χ1n) is 7.35. The van der Waals surface area contributed by atoms with E-state index in [9.17, 15) is 0 Å². The fraction of sp³-hybridized carbons (Fsp3) is 1.00. The summed E-state index contributed by atoms with van der Waals surface area (Å²) in [6, 6.07) is 2.29. The zero-order chi connectivity index (χ0) is 11.7. The first-order valence-corrected chi connectivity index (χ1v) is 7.35. The summed E-state index contributed by atoms with van der Waals surface area (Å²) in [5.74, 6) is 0.996. The van der Waals surface area contributed by atoms with Gasteiger partial charge in [-0.25, -0.2) is 0 Å². The van der Waals surface area contributed by atoms with E-state index in [1.165, 1.54) is 45.1 Å². The maximum atomic E-state index is 5.44. The maximum Gasteiger partial charge on any atom is 0.0630 e. The van der Waals surface area contributed by atoms with Gasteiger partial charge in [0.2, 0.25) is 0 Å². The summed E-state index contributed by atoms with van der Waals surface area (Å²) in [4.78, 5) is 2.75. The van der Waals surface area contributed by atoms with Crippen LogP contribution in [-0.4, -0.2) is 49.8 Å². The van der Waals surface area contributed by atoms with E-state index < -0.39 is 0 Å². The number of hydrogen-bond donors (Lipinski definition) is 1. The normalized spacial score (nSPS) is 26.5. The molecular formula is C14H26N2O. The first-order chi connectivity index (χ1) is 8.36. The fourth-order valence-electron chi connectivity index (χ4n) is 2.66. The van der Waals surface area contributed by atoms with Gasteiger partial charge in [0.1, 0.15) is 0 Å². The third kappa shape index (κ3) is 3.67. The number of methoxy groups -OCH3 is 1. The molecule has 3 saturated carbocycles. The Balaban J connectivity index is 1.52. The van der Waals surface area contributed by atoms with Gasteiger partial charge >= 0.3 is 0 Å². The van der Waals surface area contributed by atoms with Crippen molar-refractivity contribution in [1.29, 1.82) is 0 Å². The molecule has 0 aromatic heterocycles. The second-order valence-electron chi connectivity index (χ2n) is 6.16. The second kappa shape index (κ2) is 5.25. The van der Waals surface area contributed by atoms with Crippen molar-refractivity contribution < 1.29 is 4.74 Å². The zero-order valence-electron chi connectivity index (χ0n) is 11.0. The number of hydrogen-bond acceptors (Lipinski definition) is 3. The van der Waals surface area contributed by atoms with Crippen LogP contribution < -0.4 is 5.32 Å². The molecule has 0 saturated heterocycles. The fourth-order valence-corrected chi connectivity index (χ4v) is 2.66. The molecule has 3 aliphatic carbocycles. The molecule has 0 heterocycles. The predicted octanol–water partition coefficient (Wildman–Crippen LogP) is 1.63. The van der Waals surface area contributed by atoms with Gasteiger partial charge in [0, 0.05) is 38.3 Å². The van der Waals surface area contributed by atoms with E-state index in [1.807, 2.05) is 7.11 Å². The molecule has 3 nitrogen and oxygen atoms in total. The average Bonchev–Trinajstić information content (AvgIpc) is 3.12. The van der Waals surface area contributed by atoms with Gasteiger partial charge in [-0.1, -0.05) is 0 Å². The minimum Gasteiger partial charge on any atom is -0.383 e. The van der Waals surface area contributed by atoms with Crippen molar-refractivity contribution >= 4 is 0 Å². The summed E-state index contributed by atoms with van der Waals surface area (Å²) in [7, 11) is 1.84. The summed E-state index contributed by atoms with van der Waals surface area (Å²) < 4.78 is 5.44. The zero-order valence-corrected chi connectivity index (χ0v) is 11.0. The van der Waals surface area contributed by atoms with Gasteiger partial charge in [0.25, 0.3) is 0 Å². The Hall–Kier alpha value is -0.120. The lowest BCUT2D eigenvalue weighted by Crippen LogP contribution is -2.47. The minimum absolute atomic E-state index is 0.605. The molecule has 3 rings (SSSR count). The summed E-state index contributed by atoms with van der Waals surface area (Å²) in [6.45, 7) is 3.34. The lowest BCUT2D eigenvalue weighted by molar-refractivity contribution is 0.0803. The third-order valence-electron chi connectivity index (χ3n) is 4.23. The molecule has 3 fully saturated rings. The van der Waals surface area contributed by atoms with E-state index >= 15 is 0 Å². The van der Waals surface area contributed by atoms with Crippen LogP contribution in [0.3, 0.4) is 0 Å². The van der Waals surface area contributed by atoms with E-state index in [4.69, 9.17) is 4.74 Å².